The van der Waals surface area contributed by atoms with E-state index in [4.69, 9.17) is 4.74 Å². The molecule has 1 aromatic heterocycles. The standard InChI is InChI=1S/C14H22N4O3/c1-15-12(19)4-6-14(21-2)5-3-7-18(9-14)13(20)11-8-16-10-17-11/h8,10H,3-7,9H2,1-2H3,(H,15,19)(H,16,17)/t14-/m1/s1. The molecule has 0 aromatic carbocycles. The van der Waals surface area contributed by atoms with Crippen LogP contribution in [-0.4, -0.2) is 59.5 Å². The van der Waals surface area contributed by atoms with E-state index < -0.39 is 5.60 Å². The van der Waals surface area contributed by atoms with Crippen molar-refractivity contribution in [3.05, 3.63) is 18.2 Å². The minimum absolute atomic E-state index is 0.0107. The summed E-state index contributed by atoms with van der Waals surface area (Å²) in [6.07, 6.45) is 5.74. The summed E-state index contributed by atoms with van der Waals surface area (Å²) in [4.78, 5) is 32.3. The van der Waals surface area contributed by atoms with Crippen molar-refractivity contribution in [2.45, 2.75) is 31.3 Å². The predicted octanol–water partition coefficient (Wildman–Crippen LogP) is 0.557. The highest BCUT2D eigenvalue weighted by Gasteiger charge is 2.37. The summed E-state index contributed by atoms with van der Waals surface area (Å²) >= 11 is 0. The molecule has 2 rings (SSSR count). The van der Waals surface area contributed by atoms with Crippen LogP contribution in [0.15, 0.2) is 12.5 Å². The fourth-order valence-electron chi connectivity index (χ4n) is 2.75. The first-order valence-electron chi connectivity index (χ1n) is 7.13. The summed E-state index contributed by atoms with van der Waals surface area (Å²) < 4.78 is 5.67. The number of nitrogens with zero attached hydrogens (tertiary/aromatic N) is 2. The molecule has 0 bridgehead atoms. The Kier molecular flexibility index (Phi) is 4.95. The minimum atomic E-state index is -0.444. The molecule has 1 fully saturated rings. The number of rotatable bonds is 5. The lowest BCUT2D eigenvalue weighted by atomic mass is 9.87. The molecule has 7 heteroatoms. The third-order valence-electron chi connectivity index (χ3n) is 4.07. The maximum Gasteiger partial charge on any atom is 0.272 e. The molecule has 1 aliphatic heterocycles. The van der Waals surface area contributed by atoms with Crippen LogP contribution in [0.3, 0.4) is 0 Å². The molecule has 0 radical (unpaired) electrons. The minimum Gasteiger partial charge on any atom is -0.376 e. The molecule has 1 aromatic rings. The summed E-state index contributed by atoms with van der Waals surface area (Å²) in [5.74, 6) is -0.0861. The van der Waals surface area contributed by atoms with Gasteiger partial charge in [-0.15, -0.1) is 0 Å². The number of hydrogen-bond acceptors (Lipinski definition) is 4. The van der Waals surface area contributed by atoms with Crippen molar-refractivity contribution in [3.63, 3.8) is 0 Å². The number of hydrogen-bond donors (Lipinski definition) is 2. The first kappa shape index (κ1) is 15.5. The number of piperidine rings is 1. The van der Waals surface area contributed by atoms with E-state index in [-0.39, 0.29) is 11.8 Å². The second-order valence-corrected chi connectivity index (χ2v) is 5.36. The Hall–Kier alpha value is -1.89. The Morgan fingerprint density at radius 2 is 2.38 bits per heavy atom. The Morgan fingerprint density at radius 3 is 3.00 bits per heavy atom. The predicted molar refractivity (Wildman–Crippen MR) is 76.8 cm³/mol. The molecule has 0 saturated carbocycles. The van der Waals surface area contributed by atoms with Crippen LogP contribution >= 0.6 is 0 Å². The number of H-pyrrole nitrogens is 1. The van der Waals surface area contributed by atoms with Gasteiger partial charge in [0.15, 0.2) is 0 Å². The molecule has 0 aliphatic carbocycles. The summed E-state index contributed by atoms with van der Waals surface area (Å²) in [5, 5.41) is 2.61. The van der Waals surface area contributed by atoms with Gasteiger partial charge >= 0.3 is 0 Å². The Balaban J connectivity index is 2.03. The van der Waals surface area contributed by atoms with Crippen molar-refractivity contribution in [3.8, 4) is 0 Å². The lowest BCUT2D eigenvalue weighted by Gasteiger charge is -2.41. The molecule has 1 atom stereocenters. The third-order valence-corrected chi connectivity index (χ3v) is 4.07. The third kappa shape index (κ3) is 3.60. The van der Waals surface area contributed by atoms with E-state index in [1.807, 2.05) is 0 Å². The van der Waals surface area contributed by atoms with Gasteiger partial charge in [0, 0.05) is 27.1 Å². The molecule has 0 unspecified atom stereocenters. The van der Waals surface area contributed by atoms with Crippen LogP contribution in [0.25, 0.3) is 0 Å². The van der Waals surface area contributed by atoms with Gasteiger partial charge in [-0.05, 0) is 19.3 Å². The van der Waals surface area contributed by atoms with Gasteiger partial charge in [-0.25, -0.2) is 4.98 Å². The van der Waals surface area contributed by atoms with Gasteiger partial charge in [0.25, 0.3) is 5.91 Å². The number of likely N-dealkylation sites (tertiary alicyclic amines) is 1. The first-order valence-corrected chi connectivity index (χ1v) is 7.13. The number of carbonyl (C=O) groups is 2. The second-order valence-electron chi connectivity index (χ2n) is 5.36. The lowest BCUT2D eigenvalue weighted by Crippen LogP contribution is -2.51. The average Bonchev–Trinajstić information content (AvgIpc) is 3.06. The molecule has 1 aliphatic rings. The van der Waals surface area contributed by atoms with Crippen molar-refractivity contribution >= 4 is 11.8 Å². The fourth-order valence-corrected chi connectivity index (χ4v) is 2.75. The molecule has 7 nitrogen and oxygen atoms in total. The van der Waals surface area contributed by atoms with E-state index in [2.05, 4.69) is 15.3 Å². The molecule has 2 amide bonds. The fraction of sp³-hybridized carbons (Fsp3) is 0.643. The van der Waals surface area contributed by atoms with Crippen LogP contribution in [0.2, 0.25) is 0 Å². The topological polar surface area (TPSA) is 87.3 Å². The van der Waals surface area contributed by atoms with Gasteiger partial charge in [0.2, 0.25) is 5.91 Å². The zero-order valence-corrected chi connectivity index (χ0v) is 12.5. The number of carbonyl (C=O) groups excluding carboxylic acids is 2. The highest BCUT2D eigenvalue weighted by Crippen LogP contribution is 2.29. The number of aromatic amines is 1. The molecule has 116 valence electrons. The maximum atomic E-state index is 12.4. The molecule has 2 N–H and O–H groups in total. The van der Waals surface area contributed by atoms with E-state index in [1.54, 1.807) is 19.1 Å². The van der Waals surface area contributed by atoms with Crippen molar-refractivity contribution in [1.82, 2.24) is 20.2 Å². The summed E-state index contributed by atoms with van der Waals surface area (Å²) in [6.45, 7) is 1.20. The molecule has 21 heavy (non-hydrogen) atoms. The van der Waals surface area contributed by atoms with Crippen molar-refractivity contribution in [2.24, 2.45) is 0 Å². The highest BCUT2D eigenvalue weighted by molar-refractivity contribution is 5.92. The van der Waals surface area contributed by atoms with Crippen LogP contribution in [0.4, 0.5) is 0 Å². The Morgan fingerprint density at radius 1 is 1.57 bits per heavy atom. The smallest absolute Gasteiger partial charge is 0.272 e. The highest BCUT2D eigenvalue weighted by atomic mass is 16.5. The number of methoxy groups -OCH3 is 1. The summed E-state index contributed by atoms with van der Waals surface area (Å²) in [5.41, 5.74) is 0.0358. The van der Waals surface area contributed by atoms with E-state index in [9.17, 15) is 9.59 Å². The number of amides is 2. The molecule has 1 saturated heterocycles. The molecular formula is C14H22N4O3. The zero-order valence-electron chi connectivity index (χ0n) is 12.5. The first-order chi connectivity index (χ1) is 10.1. The van der Waals surface area contributed by atoms with Gasteiger partial charge in [-0.1, -0.05) is 0 Å². The van der Waals surface area contributed by atoms with Gasteiger partial charge < -0.3 is 19.9 Å². The van der Waals surface area contributed by atoms with Crippen LogP contribution in [-0.2, 0) is 9.53 Å². The number of nitrogens with one attached hydrogen (secondary N) is 2. The Bertz CT molecular complexity index is 488. The van der Waals surface area contributed by atoms with E-state index >= 15 is 0 Å². The van der Waals surface area contributed by atoms with Crippen LogP contribution in [0, 0.1) is 0 Å². The largest absolute Gasteiger partial charge is 0.376 e. The van der Waals surface area contributed by atoms with Gasteiger partial charge in [0.05, 0.1) is 24.7 Å². The van der Waals surface area contributed by atoms with Crippen molar-refractivity contribution < 1.29 is 14.3 Å². The Labute approximate surface area is 124 Å². The van der Waals surface area contributed by atoms with Crippen molar-refractivity contribution in [2.75, 3.05) is 27.2 Å². The quantitative estimate of drug-likeness (QED) is 0.830. The van der Waals surface area contributed by atoms with Gasteiger partial charge in [-0.3, -0.25) is 9.59 Å². The average molecular weight is 294 g/mol. The van der Waals surface area contributed by atoms with E-state index in [0.717, 1.165) is 12.8 Å². The zero-order chi connectivity index (χ0) is 15.3. The normalized spacial score (nSPS) is 22.1. The maximum absolute atomic E-state index is 12.4. The number of aromatic nitrogens is 2. The van der Waals surface area contributed by atoms with Crippen LogP contribution in [0.1, 0.15) is 36.2 Å². The van der Waals surface area contributed by atoms with Crippen molar-refractivity contribution in [1.29, 1.82) is 0 Å². The number of ether oxygens (including phenoxy) is 1. The SMILES string of the molecule is CNC(=O)CC[C@]1(OC)CCCN(C(=O)c2cnc[nH]2)C1. The van der Waals surface area contributed by atoms with E-state index in [0.29, 0.717) is 31.6 Å². The van der Waals surface area contributed by atoms with Crippen LogP contribution < -0.4 is 5.32 Å². The summed E-state index contributed by atoms with van der Waals surface area (Å²) in [6, 6.07) is 0. The van der Waals surface area contributed by atoms with E-state index in [1.165, 1.54) is 12.5 Å². The monoisotopic (exact) mass is 294 g/mol. The van der Waals surface area contributed by atoms with Gasteiger partial charge in [0.1, 0.15) is 5.69 Å². The number of imidazole rings is 1. The molecular weight excluding hydrogens is 272 g/mol. The molecule has 0 spiro atoms. The lowest BCUT2D eigenvalue weighted by molar-refractivity contribution is -0.123. The summed E-state index contributed by atoms with van der Waals surface area (Å²) in [7, 11) is 3.27. The van der Waals surface area contributed by atoms with Gasteiger partial charge in [-0.2, -0.15) is 0 Å². The molecule has 2 heterocycles. The van der Waals surface area contributed by atoms with Crippen LogP contribution in [0.5, 0.6) is 0 Å². The second kappa shape index (κ2) is 6.71.